The van der Waals surface area contributed by atoms with Gasteiger partial charge in [0.25, 0.3) is 0 Å². The molecule has 2 N–H and O–H groups in total. The van der Waals surface area contributed by atoms with Crippen molar-refractivity contribution in [3.8, 4) is 0 Å². The molecule has 68 valence electrons. The Hall–Kier alpha value is -1.42. The Labute approximate surface area is 76.4 Å². The molecule has 0 aliphatic heterocycles. The van der Waals surface area contributed by atoms with Gasteiger partial charge in [-0.3, -0.25) is 0 Å². The Morgan fingerprint density at radius 3 is 2.92 bits per heavy atom. The Morgan fingerprint density at radius 1 is 1.46 bits per heavy atom. The first-order valence-corrected chi connectivity index (χ1v) is 4.17. The minimum absolute atomic E-state index is 0.409. The molecule has 2 aromatic rings. The lowest BCUT2D eigenvalue weighted by Crippen LogP contribution is -2.30. The average Bonchev–Trinajstić information content (AvgIpc) is 2.45. The highest BCUT2D eigenvalue weighted by atomic mass is 15.3. The number of nitrogens with zero attached hydrogens (tertiary/aromatic N) is 3. The third-order valence-electron chi connectivity index (χ3n) is 1.94. The van der Waals surface area contributed by atoms with Gasteiger partial charge in [0.05, 0.1) is 17.4 Å². The van der Waals surface area contributed by atoms with E-state index in [1.54, 1.807) is 16.9 Å². The van der Waals surface area contributed by atoms with Crippen LogP contribution in [0, 0.1) is 0 Å². The molecule has 0 bridgehead atoms. The first kappa shape index (κ1) is 8.19. The van der Waals surface area contributed by atoms with Gasteiger partial charge in [0.1, 0.15) is 0 Å². The highest BCUT2D eigenvalue weighted by Crippen LogP contribution is 2.16. The van der Waals surface area contributed by atoms with Crippen LogP contribution < -0.4 is 5.73 Å². The van der Waals surface area contributed by atoms with E-state index < -0.39 is 5.54 Å². The van der Waals surface area contributed by atoms with Crippen molar-refractivity contribution in [3.63, 3.8) is 0 Å². The van der Waals surface area contributed by atoms with E-state index in [0.29, 0.717) is 0 Å². The molecule has 13 heavy (non-hydrogen) atoms. The maximum Gasteiger partial charge on any atom is 0.153 e. The number of fused-ring (bicyclic) bond motifs is 1. The van der Waals surface area contributed by atoms with Crippen LogP contribution in [-0.4, -0.2) is 14.6 Å². The summed E-state index contributed by atoms with van der Waals surface area (Å²) in [7, 11) is 0. The van der Waals surface area contributed by atoms with Crippen molar-refractivity contribution in [2.24, 2.45) is 5.73 Å². The van der Waals surface area contributed by atoms with Crippen LogP contribution in [0.2, 0.25) is 0 Å². The normalized spacial score (nSPS) is 12.2. The zero-order valence-electron chi connectivity index (χ0n) is 7.73. The first-order valence-electron chi connectivity index (χ1n) is 4.17. The molecule has 4 heteroatoms. The molecule has 2 aromatic heterocycles. The van der Waals surface area contributed by atoms with E-state index in [0.717, 1.165) is 11.3 Å². The summed E-state index contributed by atoms with van der Waals surface area (Å²) in [6, 6.07) is 3.76. The van der Waals surface area contributed by atoms with Crippen LogP contribution in [-0.2, 0) is 5.54 Å². The summed E-state index contributed by atoms with van der Waals surface area (Å²) in [5.41, 5.74) is 7.31. The highest BCUT2D eigenvalue weighted by Gasteiger charge is 2.19. The minimum atomic E-state index is -0.409. The standard InChI is InChI=1S/C9H12N4/c1-9(2,10)7-6-11-8-4-3-5-12-13(7)8/h3-6H,10H2,1-2H3. The van der Waals surface area contributed by atoms with Crippen molar-refractivity contribution in [1.82, 2.24) is 14.6 Å². The van der Waals surface area contributed by atoms with E-state index in [-0.39, 0.29) is 0 Å². The second kappa shape index (κ2) is 2.53. The second-order valence-electron chi connectivity index (χ2n) is 3.66. The average molecular weight is 176 g/mol. The van der Waals surface area contributed by atoms with E-state index >= 15 is 0 Å². The molecule has 2 rings (SSSR count). The molecule has 0 aliphatic rings. The van der Waals surface area contributed by atoms with Gasteiger partial charge in [-0.25, -0.2) is 9.50 Å². The molecular weight excluding hydrogens is 164 g/mol. The van der Waals surface area contributed by atoms with Crippen LogP contribution in [0.3, 0.4) is 0 Å². The van der Waals surface area contributed by atoms with Crippen LogP contribution >= 0.6 is 0 Å². The number of hydrogen-bond donors (Lipinski definition) is 1. The van der Waals surface area contributed by atoms with Crippen molar-refractivity contribution < 1.29 is 0 Å². The Balaban J connectivity index is 2.72. The highest BCUT2D eigenvalue weighted by molar-refractivity contribution is 5.38. The third-order valence-corrected chi connectivity index (χ3v) is 1.94. The Bertz CT molecular complexity index is 424. The quantitative estimate of drug-likeness (QED) is 0.703. The first-order chi connectivity index (χ1) is 6.09. The Morgan fingerprint density at radius 2 is 2.23 bits per heavy atom. The van der Waals surface area contributed by atoms with E-state index in [9.17, 15) is 0 Å². The molecule has 0 fully saturated rings. The van der Waals surface area contributed by atoms with Crippen LogP contribution in [0.25, 0.3) is 5.65 Å². The van der Waals surface area contributed by atoms with Gasteiger partial charge in [-0.05, 0) is 26.0 Å². The van der Waals surface area contributed by atoms with Crippen molar-refractivity contribution in [3.05, 3.63) is 30.2 Å². The summed E-state index contributed by atoms with van der Waals surface area (Å²) >= 11 is 0. The van der Waals surface area contributed by atoms with E-state index in [1.165, 1.54) is 0 Å². The fourth-order valence-corrected chi connectivity index (χ4v) is 1.27. The number of aromatic nitrogens is 3. The van der Waals surface area contributed by atoms with Gasteiger partial charge < -0.3 is 5.73 Å². The molecule has 4 nitrogen and oxygen atoms in total. The number of imidazole rings is 1. The van der Waals surface area contributed by atoms with Crippen LogP contribution in [0.4, 0.5) is 0 Å². The summed E-state index contributed by atoms with van der Waals surface area (Å²) < 4.78 is 1.76. The molecule has 0 spiro atoms. The summed E-state index contributed by atoms with van der Waals surface area (Å²) in [5.74, 6) is 0. The lowest BCUT2D eigenvalue weighted by atomic mass is 10.0. The van der Waals surface area contributed by atoms with Crippen LogP contribution in [0.15, 0.2) is 24.5 Å². The van der Waals surface area contributed by atoms with E-state index in [2.05, 4.69) is 10.1 Å². The SMILES string of the molecule is CC(C)(N)c1cnc2cccnn12. The minimum Gasteiger partial charge on any atom is -0.321 e. The summed E-state index contributed by atoms with van der Waals surface area (Å²) in [6.07, 6.45) is 3.49. The smallest absolute Gasteiger partial charge is 0.153 e. The van der Waals surface area contributed by atoms with Gasteiger partial charge in [0.15, 0.2) is 5.65 Å². The fraction of sp³-hybridized carbons (Fsp3) is 0.333. The monoisotopic (exact) mass is 176 g/mol. The molecule has 0 amide bonds. The largest absolute Gasteiger partial charge is 0.321 e. The molecule has 0 unspecified atom stereocenters. The molecule has 0 radical (unpaired) electrons. The maximum absolute atomic E-state index is 5.97. The summed E-state index contributed by atoms with van der Waals surface area (Å²) in [6.45, 7) is 3.87. The van der Waals surface area contributed by atoms with Crippen LogP contribution in [0.1, 0.15) is 19.5 Å². The van der Waals surface area contributed by atoms with Gasteiger partial charge in [0.2, 0.25) is 0 Å². The predicted octanol–water partition coefficient (Wildman–Crippen LogP) is 0.923. The van der Waals surface area contributed by atoms with Gasteiger partial charge in [-0.15, -0.1) is 0 Å². The number of rotatable bonds is 1. The second-order valence-corrected chi connectivity index (χ2v) is 3.66. The van der Waals surface area contributed by atoms with E-state index in [1.807, 2.05) is 26.0 Å². The zero-order valence-corrected chi connectivity index (χ0v) is 7.73. The number of hydrogen-bond acceptors (Lipinski definition) is 3. The van der Waals surface area contributed by atoms with Gasteiger partial charge in [-0.2, -0.15) is 5.10 Å². The van der Waals surface area contributed by atoms with Gasteiger partial charge >= 0.3 is 0 Å². The molecule has 0 atom stereocenters. The molecule has 2 heterocycles. The molecular formula is C9H12N4. The Kier molecular flexibility index (Phi) is 1.60. The fourth-order valence-electron chi connectivity index (χ4n) is 1.27. The van der Waals surface area contributed by atoms with Crippen molar-refractivity contribution in [1.29, 1.82) is 0 Å². The zero-order chi connectivity index (χ0) is 9.47. The van der Waals surface area contributed by atoms with Crippen molar-refractivity contribution in [2.45, 2.75) is 19.4 Å². The molecule has 0 aliphatic carbocycles. The molecule has 0 aromatic carbocycles. The van der Waals surface area contributed by atoms with Crippen molar-refractivity contribution >= 4 is 5.65 Å². The van der Waals surface area contributed by atoms with E-state index in [4.69, 9.17) is 5.73 Å². The number of nitrogens with two attached hydrogens (primary N) is 1. The van der Waals surface area contributed by atoms with Crippen LogP contribution in [0.5, 0.6) is 0 Å². The maximum atomic E-state index is 5.97. The lowest BCUT2D eigenvalue weighted by molar-refractivity contribution is 0.520. The topological polar surface area (TPSA) is 56.2 Å². The van der Waals surface area contributed by atoms with Crippen molar-refractivity contribution in [2.75, 3.05) is 0 Å². The summed E-state index contributed by atoms with van der Waals surface area (Å²) in [4.78, 5) is 4.21. The summed E-state index contributed by atoms with van der Waals surface area (Å²) in [5, 5.41) is 4.18. The third kappa shape index (κ3) is 1.29. The molecule has 0 saturated heterocycles. The van der Waals surface area contributed by atoms with Gasteiger partial charge in [-0.1, -0.05) is 0 Å². The molecule has 0 saturated carbocycles. The van der Waals surface area contributed by atoms with Gasteiger partial charge in [0, 0.05) is 6.20 Å². The predicted molar refractivity (Wildman–Crippen MR) is 50.2 cm³/mol. The lowest BCUT2D eigenvalue weighted by Gasteiger charge is -2.16.